The molecule has 2 aromatic heterocycles. The second kappa shape index (κ2) is 9.47. The zero-order chi connectivity index (χ0) is 17.4. The van der Waals surface area contributed by atoms with Crippen molar-refractivity contribution in [1.29, 1.82) is 0 Å². The average molecular weight is 391 g/mol. The van der Waals surface area contributed by atoms with E-state index in [2.05, 4.69) is 30.3 Å². The van der Waals surface area contributed by atoms with Gasteiger partial charge in [0.05, 0.1) is 12.5 Å². The van der Waals surface area contributed by atoms with Crippen molar-refractivity contribution in [2.45, 2.75) is 17.7 Å². The summed E-state index contributed by atoms with van der Waals surface area (Å²) >= 11 is 8.09. The molecule has 3 rings (SSSR count). The van der Waals surface area contributed by atoms with Crippen LogP contribution in [0.1, 0.15) is 11.5 Å². The maximum atomic E-state index is 6.18. The van der Waals surface area contributed by atoms with E-state index in [1.54, 1.807) is 12.5 Å². The molecule has 0 spiro atoms. The summed E-state index contributed by atoms with van der Waals surface area (Å²) in [5.41, 5.74) is 0. The fourth-order valence-electron chi connectivity index (χ4n) is 2.72. The molecule has 3 aromatic rings. The lowest BCUT2D eigenvalue weighted by Crippen LogP contribution is -2.06. The number of hydrogen-bond acceptors (Lipinski definition) is 4. The first-order valence-corrected chi connectivity index (χ1v) is 12.9. The first kappa shape index (κ1) is 18.6. The molecule has 0 bridgehead atoms. The van der Waals surface area contributed by atoms with Gasteiger partial charge in [0.2, 0.25) is 0 Å². The van der Waals surface area contributed by atoms with Gasteiger partial charge in [-0.3, -0.25) is 0 Å². The minimum absolute atomic E-state index is 0.943. The third-order valence-electron chi connectivity index (χ3n) is 4.20. The molecule has 0 saturated carbocycles. The quantitative estimate of drug-likeness (QED) is 0.317. The van der Waals surface area contributed by atoms with Crippen LogP contribution in [0.15, 0.2) is 80.9 Å². The lowest BCUT2D eigenvalue weighted by atomic mass is 10.4. The van der Waals surface area contributed by atoms with Gasteiger partial charge < -0.3 is 8.83 Å². The molecule has 0 aliphatic carbocycles. The molecule has 0 amide bonds. The summed E-state index contributed by atoms with van der Waals surface area (Å²) in [7, 11) is 0. The van der Waals surface area contributed by atoms with E-state index in [9.17, 15) is 0 Å². The van der Waals surface area contributed by atoms with Crippen LogP contribution in [0.25, 0.3) is 0 Å². The van der Waals surface area contributed by atoms with Crippen LogP contribution in [0.2, 0.25) is 0 Å². The fraction of sp³-hybridized carbons (Fsp3) is 0.300. The van der Waals surface area contributed by atoms with Gasteiger partial charge in [-0.05, 0) is 60.9 Å². The van der Waals surface area contributed by atoms with E-state index in [1.807, 2.05) is 36.0 Å². The van der Waals surface area contributed by atoms with E-state index >= 15 is 0 Å². The molecular formula is C20H23O2PS2. The van der Waals surface area contributed by atoms with E-state index in [0.717, 1.165) is 48.6 Å². The van der Waals surface area contributed by atoms with E-state index in [1.165, 1.54) is 4.90 Å². The Morgan fingerprint density at radius 3 is 1.88 bits per heavy atom. The van der Waals surface area contributed by atoms with Gasteiger partial charge in [0.25, 0.3) is 0 Å². The first-order valence-electron chi connectivity index (χ1n) is 8.53. The van der Waals surface area contributed by atoms with Crippen molar-refractivity contribution in [1.82, 2.24) is 0 Å². The molecule has 2 heterocycles. The summed E-state index contributed by atoms with van der Waals surface area (Å²) < 4.78 is 11.0. The van der Waals surface area contributed by atoms with Gasteiger partial charge in [0.15, 0.2) is 0 Å². The minimum Gasteiger partial charge on any atom is -0.469 e. The highest BCUT2D eigenvalue weighted by Gasteiger charge is 2.18. The third kappa shape index (κ3) is 6.22. The maximum absolute atomic E-state index is 6.18. The Kier molecular flexibility index (Phi) is 7.03. The highest BCUT2D eigenvalue weighted by molar-refractivity contribution is 8.15. The summed E-state index contributed by atoms with van der Waals surface area (Å²) in [5, 5.41) is 0. The number of furan rings is 2. The van der Waals surface area contributed by atoms with Crippen LogP contribution < -0.4 is 0 Å². The highest BCUT2D eigenvalue weighted by Crippen LogP contribution is 2.47. The molecule has 0 aliphatic heterocycles. The molecule has 0 N–H and O–H groups in total. The summed E-state index contributed by atoms with van der Waals surface area (Å²) in [6, 6.07) is 17.1. The molecule has 0 saturated heterocycles. The van der Waals surface area contributed by atoms with Crippen LogP contribution in [-0.4, -0.2) is 24.2 Å². The van der Waals surface area contributed by atoms with Crippen LogP contribution >= 0.6 is 17.8 Å². The minimum atomic E-state index is -1.45. The van der Waals surface area contributed by atoms with Crippen molar-refractivity contribution in [2.24, 2.45) is 0 Å². The van der Waals surface area contributed by atoms with Crippen molar-refractivity contribution in [2.75, 3.05) is 24.2 Å². The SMILES string of the molecule is S=P(CCSc1ccccc1)(CCc1ccco1)CCc1ccco1. The van der Waals surface area contributed by atoms with Gasteiger partial charge >= 0.3 is 0 Å². The van der Waals surface area contributed by atoms with Crippen molar-refractivity contribution in [3.05, 3.63) is 78.6 Å². The van der Waals surface area contributed by atoms with E-state index in [-0.39, 0.29) is 0 Å². The van der Waals surface area contributed by atoms with Crippen LogP contribution in [0.5, 0.6) is 0 Å². The van der Waals surface area contributed by atoms with Gasteiger partial charge in [-0.2, -0.15) is 0 Å². The van der Waals surface area contributed by atoms with Crippen molar-refractivity contribution in [3.63, 3.8) is 0 Å². The molecule has 1 aromatic carbocycles. The van der Waals surface area contributed by atoms with Crippen molar-refractivity contribution < 1.29 is 8.83 Å². The van der Waals surface area contributed by atoms with Crippen LogP contribution in [0, 0.1) is 0 Å². The third-order valence-corrected chi connectivity index (χ3v) is 10.3. The smallest absolute Gasteiger partial charge is 0.104 e. The molecule has 0 fully saturated rings. The number of rotatable bonds is 10. The standard InChI is InChI=1S/C20H23O2PS2/c24-23(14-10-18-6-4-12-21-18,15-11-19-7-5-13-22-19)16-17-25-20-8-2-1-3-9-20/h1-9,12-13H,10-11,14-17H2. The predicted molar refractivity (Wildman–Crippen MR) is 111 cm³/mol. The Labute approximate surface area is 159 Å². The van der Waals surface area contributed by atoms with Crippen molar-refractivity contribution in [3.8, 4) is 0 Å². The normalized spacial score (nSPS) is 11.7. The Morgan fingerprint density at radius 2 is 1.36 bits per heavy atom. The topological polar surface area (TPSA) is 26.3 Å². The lowest BCUT2D eigenvalue weighted by Gasteiger charge is -2.21. The molecular weight excluding hydrogens is 367 g/mol. The Morgan fingerprint density at radius 1 is 0.760 bits per heavy atom. The number of hydrogen-bond donors (Lipinski definition) is 0. The zero-order valence-corrected chi connectivity index (χ0v) is 16.7. The Bertz CT molecular complexity index is 725. The molecule has 132 valence electrons. The molecule has 0 atom stereocenters. The molecule has 0 unspecified atom stereocenters. The molecule has 0 radical (unpaired) electrons. The predicted octanol–water partition coefficient (Wildman–Crippen LogP) is 5.93. The van der Waals surface area contributed by atoms with E-state index in [0.29, 0.717) is 0 Å². The first-order chi connectivity index (χ1) is 12.2. The highest BCUT2D eigenvalue weighted by atomic mass is 32.4. The van der Waals surface area contributed by atoms with E-state index < -0.39 is 6.04 Å². The second-order valence-corrected chi connectivity index (χ2v) is 13.0. The van der Waals surface area contributed by atoms with Gasteiger partial charge in [0, 0.05) is 23.5 Å². The second-order valence-electron chi connectivity index (χ2n) is 6.05. The van der Waals surface area contributed by atoms with Gasteiger partial charge in [-0.1, -0.05) is 30.0 Å². The summed E-state index contributed by atoms with van der Waals surface area (Å²) in [4.78, 5) is 1.32. The monoisotopic (exact) mass is 390 g/mol. The number of benzene rings is 1. The Balaban J connectivity index is 1.57. The number of aryl methyl sites for hydroxylation is 2. The lowest BCUT2D eigenvalue weighted by molar-refractivity contribution is 0.515. The maximum Gasteiger partial charge on any atom is 0.104 e. The largest absolute Gasteiger partial charge is 0.469 e. The average Bonchev–Trinajstić information content (AvgIpc) is 3.33. The number of thioether (sulfide) groups is 1. The van der Waals surface area contributed by atoms with Crippen molar-refractivity contribution >= 4 is 29.6 Å². The van der Waals surface area contributed by atoms with Crippen LogP contribution in [-0.2, 0) is 24.6 Å². The van der Waals surface area contributed by atoms with Crippen LogP contribution in [0.3, 0.4) is 0 Å². The summed E-state index contributed by atoms with van der Waals surface area (Å²) in [5.74, 6) is 3.17. The molecule has 2 nitrogen and oxygen atoms in total. The Hall–Kier alpha value is -1.22. The fourth-order valence-corrected chi connectivity index (χ4v) is 8.15. The van der Waals surface area contributed by atoms with Gasteiger partial charge in [0.1, 0.15) is 11.5 Å². The summed E-state index contributed by atoms with van der Waals surface area (Å²) in [6.45, 7) is 0. The van der Waals surface area contributed by atoms with Gasteiger partial charge in [-0.15, -0.1) is 11.8 Å². The van der Waals surface area contributed by atoms with Gasteiger partial charge in [-0.25, -0.2) is 0 Å². The van der Waals surface area contributed by atoms with E-state index in [4.69, 9.17) is 20.6 Å². The van der Waals surface area contributed by atoms with Crippen LogP contribution in [0.4, 0.5) is 0 Å². The zero-order valence-electron chi connectivity index (χ0n) is 14.2. The molecule has 5 heteroatoms. The molecule has 25 heavy (non-hydrogen) atoms. The molecule has 0 aliphatic rings. The summed E-state index contributed by atoms with van der Waals surface area (Å²) in [6.07, 6.45) is 8.61.